The molecule has 2 rings (SSSR count). The third-order valence-electron chi connectivity index (χ3n) is 2.94. The molecule has 108 valence electrons. The fourth-order valence-electron chi connectivity index (χ4n) is 1.92. The number of carbonyl (C=O) groups is 1. The van der Waals surface area contributed by atoms with Crippen LogP contribution in [0.4, 0.5) is 21.5 Å². The average molecular weight is 289 g/mol. The molecule has 3 N–H and O–H groups in total. The van der Waals surface area contributed by atoms with Crippen LogP contribution in [0.2, 0.25) is 0 Å². The van der Waals surface area contributed by atoms with Crippen molar-refractivity contribution in [1.29, 1.82) is 0 Å². The van der Waals surface area contributed by atoms with Gasteiger partial charge in [-0.3, -0.25) is 14.9 Å². The van der Waals surface area contributed by atoms with Crippen molar-refractivity contribution in [2.75, 3.05) is 11.1 Å². The number of benzene rings is 2. The van der Waals surface area contributed by atoms with Crippen molar-refractivity contribution in [1.82, 2.24) is 0 Å². The zero-order valence-electron chi connectivity index (χ0n) is 11.1. The first kappa shape index (κ1) is 14.4. The maximum atomic E-state index is 13.2. The van der Waals surface area contributed by atoms with Crippen LogP contribution in [0.1, 0.15) is 15.9 Å². The second-order valence-electron chi connectivity index (χ2n) is 4.41. The monoisotopic (exact) mass is 289 g/mol. The third-order valence-corrected chi connectivity index (χ3v) is 2.94. The Morgan fingerprint density at radius 3 is 2.71 bits per heavy atom. The highest BCUT2D eigenvalue weighted by molar-refractivity contribution is 6.09. The lowest BCUT2D eigenvalue weighted by atomic mass is 10.1. The SMILES string of the molecule is Cc1cccc([N+](=O)[O-])c1C(=O)Nc1cc(F)ccc1N. The van der Waals surface area contributed by atoms with E-state index < -0.39 is 16.6 Å². The van der Waals surface area contributed by atoms with Crippen molar-refractivity contribution in [3.63, 3.8) is 0 Å². The molecule has 0 aliphatic carbocycles. The van der Waals surface area contributed by atoms with E-state index in [9.17, 15) is 19.3 Å². The van der Waals surface area contributed by atoms with E-state index in [-0.39, 0.29) is 22.6 Å². The molecule has 6 nitrogen and oxygen atoms in total. The number of nitrogens with zero attached hydrogens (tertiary/aromatic N) is 1. The largest absolute Gasteiger partial charge is 0.397 e. The molecule has 2 aromatic rings. The van der Waals surface area contributed by atoms with Gasteiger partial charge in [-0.1, -0.05) is 12.1 Å². The Balaban J connectivity index is 2.42. The van der Waals surface area contributed by atoms with Crippen LogP contribution in [-0.2, 0) is 0 Å². The lowest BCUT2D eigenvalue weighted by molar-refractivity contribution is -0.385. The number of hydrogen-bond donors (Lipinski definition) is 2. The minimum atomic E-state index is -0.711. The van der Waals surface area contributed by atoms with Crippen LogP contribution in [0.15, 0.2) is 36.4 Å². The smallest absolute Gasteiger partial charge is 0.282 e. The second-order valence-corrected chi connectivity index (χ2v) is 4.41. The summed E-state index contributed by atoms with van der Waals surface area (Å²) in [5.74, 6) is -1.28. The van der Waals surface area contributed by atoms with Gasteiger partial charge in [-0.15, -0.1) is 0 Å². The summed E-state index contributed by atoms with van der Waals surface area (Å²) in [6, 6.07) is 7.81. The summed E-state index contributed by atoms with van der Waals surface area (Å²) in [4.78, 5) is 22.6. The van der Waals surface area contributed by atoms with Gasteiger partial charge in [0.25, 0.3) is 11.6 Å². The number of hydrogen-bond acceptors (Lipinski definition) is 4. The van der Waals surface area contributed by atoms with Gasteiger partial charge in [0.15, 0.2) is 0 Å². The number of halogens is 1. The lowest BCUT2D eigenvalue weighted by Crippen LogP contribution is -2.16. The van der Waals surface area contributed by atoms with Gasteiger partial charge in [0, 0.05) is 6.07 Å². The first-order chi connectivity index (χ1) is 9.90. The van der Waals surface area contributed by atoms with Crippen LogP contribution >= 0.6 is 0 Å². The van der Waals surface area contributed by atoms with Crippen molar-refractivity contribution in [3.8, 4) is 0 Å². The first-order valence-corrected chi connectivity index (χ1v) is 6.00. The fraction of sp³-hybridized carbons (Fsp3) is 0.0714. The number of nitro benzene ring substituents is 1. The van der Waals surface area contributed by atoms with Gasteiger partial charge in [-0.05, 0) is 30.7 Å². The average Bonchev–Trinajstić information content (AvgIpc) is 2.42. The molecule has 0 aromatic heterocycles. The molecule has 0 saturated carbocycles. The zero-order chi connectivity index (χ0) is 15.6. The number of nitrogens with two attached hydrogens (primary N) is 1. The van der Waals surface area contributed by atoms with E-state index in [1.165, 1.54) is 18.2 Å². The van der Waals surface area contributed by atoms with Crippen molar-refractivity contribution in [2.45, 2.75) is 6.92 Å². The summed E-state index contributed by atoms with van der Waals surface area (Å²) in [7, 11) is 0. The van der Waals surface area contributed by atoms with E-state index in [2.05, 4.69) is 5.32 Å². The Morgan fingerprint density at radius 1 is 1.33 bits per heavy atom. The highest BCUT2D eigenvalue weighted by Crippen LogP contribution is 2.25. The molecule has 0 bridgehead atoms. The zero-order valence-corrected chi connectivity index (χ0v) is 11.1. The van der Waals surface area contributed by atoms with Crippen LogP contribution in [0.3, 0.4) is 0 Å². The maximum Gasteiger partial charge on any atom is 0.282 e. The normalized spacial score (nSPS) is 10.2. The van der Waals surface area contributed by atoms with Gasteiger partial charge in [-0.25, -0.2) is 4.39 Å². The Kier molecular flexibility index (Phi) is 3.84. The van der Waals surface area contributed by atoms with Crippen molar-refractivity contribution >= 4 is 23.0 Å². The topological polar surface area (TPSA) is 98.3 Å². The Labute approximate surface area is 119 Å². The number of amides is 1. The molecule has 0 fully saturated rings. The van der Waals surface area contributed by atoms with Gasteiger partial charge in [0.2, 0.25) is 0 Å². The Bertz CT molecular complexity index is 731. The second kappa shape index (κ2) is 5.58. The molecule has 0 spiro atoms. The van der Waals surface area contributed by atoms with E-state index in [1.54, 1.807) is 13.0 Å². The van der Waals surface area contributed by atoms with E-state index in [1.807, 2.05) is 0 Å². The minimum Gasteiger partial charge on any atom is -0.397 e. The van der Waals surface area contributed by atoms with Crippen molar-refractivity contribution < 1.29 is 14.1 Å². The van der Waals surface area contributed by atoms with Crippen LogP contribution in [0.25, 0.3) is 0 Å². The predicted octanol–water partition coefficient (Wildman–Crippen LogP) is 2.88. The van der Waals surface area contributed by atoms with Gasteiger partial charge in [-0.2, -0.15) is 0 Å². The molecule has 7 heteroatoms. The molecule has 2 aromatic carbocycles. The van der Waals surface area contributed by atoms with E-state index >= 15 is 0 Å². The Morgan fingerprint density at radius 2 is 2.05 bits per heavy atom. The molecular formula is C14H12FN3O3. The van der Waals surface area contributed by atoms with Crippen LogP contribution in [0.5, 0.6) is 0 Å². The maximum absolute atomic E-state index is 13.2. The molecule has 0 heterocycles. The van der Waals surface area contributed by atoms with Gasteiger partial charge >= 0.3 is 0 Å². The van der Waals surface area contributed by atoms with Gasteiger partial charge < -0.3 is 11.1 Å². The summed E-state index contributed by atoms with van der Waals surface area (Å²) < 4.78 is 13.2. The van der Waals surface area contributed by atoms with Crippen LogP contribution < -0.4 is 11.1 Å². The lowest BCUT2D eigenvalue weighted by Gasteiger charge is -2.10. The molecule has 21 heavy (non-hydrogen) atoms. The summed E-state index contributed by atoms with van der Waals surface area (Å²) in [5.41, 5.74) is 5.92. The van der Waals surface area contributed by atoms with Crippen molar-refractivity contribution in [2.24, 2.45) is 0 Å². The van der Waals surface area contributed by atoms with E-state index in [0.29, 0.717) is 5.56 Å². The summed E-state index contributed by atoms with van der Waals surface area (Å²) in [6.45, 7) is 1.58. The number of nitrogen functional groups attached to an aromatic ring is 1. The number of rotatable bonds is 3. The van der Waals surface area contributed by atoms with Crippen molar-refractivity contribution in [3.05, 3.63) is 63.5 Å². The summed E-state index contributed by atoms with van der Waals surface area (Å²) in [6.07, 6.45) is 0. The standard InChI is InChI=1S/C14H12FN3O3/c1-8-3-2-4-12(18(20)21)13(8)14(19)17-11-7-9(15)5-6-10(11)16/h2-7H,16H2,1H3,(H,17,19). The molecule has 0 saturated heterocycles. The molecular weight excluding hydrogens is 277 g/mol. The number of nitro groups is 1. The third kappa shape index (κ3) is 2.97. The molecule has 0 radical (unpaired) electrons. The van der Waals surface area contributed by atoms with Gasteiger partial charge in [0.1, 0.15) is 11.4 Å². The molecule has 0 aliphatic rings. The van der Waals surface area contributed by atoms with Gasteiger partial charge in [0.05, 0.1) is 16.3 Å². The number of anilines is 2. The van der Waals surface area contributed by atoms with Crippen LogP contribution in [-0.4, -0.2) is 10.8 Å². The number of aryl methyl sites for hydroxylation is 1. The predicted molar refractivity (Wildman–Crippen MR) is 76.6 cm³/mol. The molecule has 0 atom stereocenters. The fourth-order valence-corrected chi connectivity index (χ4v) is 1.92. The highest BCUT2D eigenvalue weighted by atomic mass is 19.1. The number of carbonyl (C=O) groups excluding carboxylic acids is 1. The van der Waals surface area contributed by atoms with E-state index in [4.69, 9.17) is 5.73 Å². The minimum absolute atomic E-state index is 0.0672. The summed E-state index contributed by atoms with van der Waals surface area (Å²) in [5, 5.41) is 13.4. The Hall–Kier alpha value is -2.96. The first-order valence-electron chi connectivity index (χ1n) is 6.00. The van der Waals surface area contributed by atoms with Crippen LogP contribution in [0, 0.1) is 22.9 Å². The molecule has 1 amide bonds. The molecule has 0 aliphatic heterocycles. The number of nitrogens with one attached hydrogen (secondary N) is 1. The quantitative estimate of drug-likeness (QED) is 0.515. The molecule has 0 unspecified atom stereocenters. The highest BCUT2D eigenvalue weighted by Gasteiger charge is 2.22. The summed E-state index contributed by atoms with van der Waals surface area (Å²) >= 11 is 0. The van der Waals surface area contributed by atoms with E-state index in [0.717, 1.165) is 12.1 Å².